The van der Waals surface area contributed by atoms with Crippen molar-refractivity contribution in [1.29, 1.82) is 0 Å². The molecule has 0 aliphatic heterocycles. The van der Waals surface area contributed by atoms with Gasteiger partial charge in [0.2, 0.25) is 0 Å². The molecule has 0 fully saturated rings. The molecular weight excluding hydrogens is 342 g/mol. The predicted octanol–water partition coefficient (Wildman–Crippen LogP) is 4.02. The zero-order valence-electron chi connectivity index (χ0n) is 12.2. The number of amides is 1. The third kappa shape index (κ3) is 3.69. The van der Waals surface area contributed by atoms with Crippen LogP contribution in [0.15, 0.2) is 53.0 Å². The third-order valence-electron chi connectivity index (χ3n) is 3.87. The van der Waals surface area contributed by atoms with E-state index in [4.69, 9.17) is 4.74 Å². The Morgan fingerprint density at radius 3 is 2.95 bits per heavy atom. The normalized spacial score (nSPS) is 16.7. The van der Waals surface area contributed by atoms with Gasteiger partial charge in [-0.1, -0.05) is 46.3 Å². The van der Waals surface area contributed by atoms with Crippen LogP contribution in [0.5, 0.6) is 5.75 Å². The molecule has 1 aliphatic carbocycles. The van der Waals surface area contributed by atoms with Crippen molar-refractivity contribution in [1.82, 2.24) is 5.32 Å². The molecule has 2 aromatic carbocycles. The van der Waals surface area contributed by atoms with Gasteiger partial charge in [-0.05, 0) is 48.6 Å². The molecule has 1 atom stereocenters. The molecular formula is C18H18BrNO2. The number of carbonyl (C=O) groups is 1. The number of aryl methyl sites for hydroxylation is 1. The van der Waals surface area contributed by atoms with Crippen LogP contribution in [0.2, 0.25) is 0 Å². The highest BCUT2D eigenvalue weighted by molar-refractivity contribution is 9.10. The fourth-order valence-electron chi connectivity index (χ4n) is 2.85. The van der Waals surface area contributed by atoms with Gasteiger partial charge in [0, 0.05) is 4.47 Å². The number of carbonyl (C=O) groups excluding carboxylic acids is 1. The topological polar surface area (TPSA) is 38.3 Å². The minimum absolute atomic E-state index is 0.0368. The monoisotopic (exact) mass is 359 g/mol. The van der Waals surface area contributed by atoms with E-state index in [-0.39, 0.29) is 18.6 Å². The molecule has 0 bridgehead atoms. The summed E-state index contributed by atoms with van der Waals surface area (Å²) in [6.07, 6.45) is 3.19. The van der Waals surface area contributed by atoms with E-state index < -0.39 is 0 Å². The van der Waals surface area contributed by atoms with Gasteiger partial charge in [-0.25, -0.2) is 0 Å². The first-order chi connectivity index (χ1) is 10.7. The summed E-state index contributed by atoms with van der Waals surface area (Å²) in [6.45, 7) is 0.0368. The molecule has 22 heavy (non-hydrogen) atoms. The van der Waals surface area contributed by atoms with Gasteiger partial charge in [-0.3, -0.25) is 4.79 Å². The maximum Gasteiger partial charge on any atom is 0.258 e. The van der Waals surface area contributed by atoms with Crippen LogP contribution in [0, 0.1) is 0 Å². The molecule has 0 radical (unpaired) electrons. The molecule has 3 nitrogen and oxygen atoms in total. The van der Waals surface area contributed by atoms with E-state index in [1.54, 1.807) is 0 Å². The highest BCUT2D eigenvalue weighted by Gasteiger charge is 2.21. The van der Waals surface area contributed by atoms with E-state index in [0.717, 1.165) is 23.7 Å². The van der Waals surface area contributed by atoms with Crippen LogP contribution in [-0.2, 0) is 11.2 Å². The first-order valence-electron chi connectivity index (χ1n) is 7.48. The van der Waals surface area contributed by atoms with Crippen LogP contribution in [0.25, 0.3) is 0 Å². The zero-order chi connectivity index (χ0) is 15.4. The van der Waals surface area contributed by atoms with Gasteiger partial charge < -0.3 is 10.1 Å². The second-order valence-corrected chi connectivity index (χ2v) is 6.37. The summed E-state index contributed by atoms with van der Waals surface area (Å²) >= 11 is 3.39. The van der Waals surface area contributed by atoms with Gasteiger partial charge in [0.15, 0.2) is 6.61 Å². The number of halogens is 1. The highest BCUT2D eigenvalue weighted by Crippen LogP contribution is 2.29. The van der Waals surface area contributed by atoms with Crippen molar-refractivity contribution in [2.45, 2.75) is 25.3 Å². The SMILES string of the molecule is O=C(COc1cccc(Br)c1)NC1CCCc2ccccc21. The summed E-state index contributed by atoms with van der Waals surface area (Å²) in [5.41, 5.74) is 2.58. The Morgan fingerprint density at radius 1 is 1.23 bits per heavy atom. The lowest BCUT2D eigenvalue weighted by atomic mass is 9.88. The van der Waals surface area contributed by atoms with E-state index in [0.29, 0.717) is 5.75 Å². The molecule has 0 spiro atoms. The van der Waals surface area contributed by atoms with Crippen molar-refractivity contribution in [3.8, 4) is 5.75 Å². The number of hydrogen-bond acceptors (Lipinski definition) is 2. The second-order valence-electron chi connectivity index (χ2n) is 5.46. The number of ether oxygens (including phenoxy) is 1. The standard InChI is InChI=1S/C18H18BrNO2/c19-14-7-4-8-15(11-14)22-12-18(21)20-17-10-3-6-13-5-1-2-9-16(13)17/h1-2,4-5,7-9,11,17H,3,6,10,12H2,(H,20,21). The van der Waals surface area contributed by atoms with E-state index in [1.165, 1.54) is 11.1 Å². The smallest absolute Gasteiger partial charge is 0.258 e. The van der Waals surface area contributed by atoms with Crippen LogP contribution in [-0.4, -0.2) is 12.5 Å². The minimum Gasteiger partial charge on any atom is -0.484 e. The van der Waals surface area contributed by atoms with E-state index in [9.17, 15) is 4.79 Å². The summed E-state index contributed by atoms with van der Waals surface area (Å²) < 4.78 is 6.47. The van der Waals surface area contributed by atoms with Crippen molar-refractivity contribution in [3.05, 3.63) is 64.1 Å². The molecule has 1 aliphatic rings. The highest BCUT2D eigenvalue weighted by atomic mass is 79.9. The first-order valence-corrected chi connectivity index (χ1v) is 8.27. The quantitative estimate of drug-likeness (QED) is 0.894. The van der Waals surface area contributed by atoms with Crippen LogP contribution < -0.4 is 10.1 Å². The summed E-state index contributed by atoms with van der Waals surface area (Å²) in [5.74, 6) is 0.607. The van der Waals surface area contributed by atoms with Crippen LogP contribution in [0.1, 0.15) is 30.0 Å². The van der Waals surface area contributed by atoms with Gasteiger partial charge in [-0.15, -0.1) is 0 Å². The molecule has 0 saturated carbocycles. The van der Waals surface area contributed by atoms with Gasteiger partial charge in [0.25, 0.3) is 5.91 Å². The number of benzene rings is 2. The van der Waals surface area contributed by atoms with Crippen LogP contribution >= 0.6 is 15.9 Å². The first kappa shape index (κ1) is 15.1. The van der Waals surface area contributed by atoms with Crippen molar-refractivity contribution in [2.75, 3.05) is 6.61 Å². The molecule has 0 heterocycles. The fourth-order valence-corrected chi connectivity index (χ4v) is 3.22. The summed E-state index contributed by atoms with van der Waals surface area (Å²) in [4.78, 5) is 12.1. The van der Waals surface area contributed by atoms with Crippen LogP contribution in [0.4, 0.5) is 0 Å². The maximum absolute atomic E-state index is 12.1. The Balaban J connectivity index is 1.59. The molecule has 2 aromatic rings. The van der Waals surface area contributed by atoms with Crippen LogP contribution in [0.3, 0.4) is 0 Å². The average molecular weight is 360 g/mol. The molecule has 4 heteroatoms. The number of hydrogen-bond donors (Lipinski definition) is 1. The van der Waals surface area contributed by atoms with Gasteiger partial charge in [0.05, 0.1) is 6.04 Å². The summed E-state index contributed by atoms with van der Waals surface area (Å²) in [5, 5.41) is 3.08. The van der Waals surface area contributed by atoms with E-state index >= 15 is 0 Å². The Kier molecular flexibility index (Phi) is 4.78. The lowest BCUT2D eigenvalue weighted by molar-refractivity contribution is -0.123. The number of fused-ring (bicyclic) bond motifs is 1. The number of nitrogens with one attached hydrogen (secondary N) is 1. The molecule has 1 N–H and O–H groups in total. The number of rotatable bonds is 4. The lowest BCUT2D eigenvalue weighted by Crippen LogP contribution is -2.34. The van der Waals surface area contributed by atoms with E-state index in [2.05, 4.69) is 39.4 Å². The second kappa shape index (κ2) is 6.97. The third-order valence-corrected chi connectivity index (χ3v) is 4.36. The van der Waals surface area contributed by atoms with Crippen molar-refractivity contribution in [2.24, 2.45) is 0 Å². The molecule has 0 aromatic heterocycles. The molecule has 3 rings (SSSR count). The Hall–Kier alpha value is -1.81. The molecule has 0 saturated heterocycles. The predicted molar refractivity (Wildman–Crippen MR) is 89.9 cm³/mol. The molecule has 1 unspecified atom stereocenters. The lowest BCUT2D eigenvalue weighted by Gasteiger charge is -2.26. The minimum atomic E-state index is -0.0818. The van der Waals surface area contributed by atoms with E-state index in [1.807, 2.05) is 30.3 Å². The fraction of sp³-hybridized carbons (Fsp3) is 0.278. The van der Waals surface area contributed by atoms with Gasteiger partial charge in [-0.2, -0.15) is 0 Å². The largest absolute Gasteiger partial charge is 0.484 e. The molecule has 1 amide bonds. The Morgan fingerprint density at radius 2 is 2.09 bits per heavy atom. The van der Waals surface area contributed by atoms with Gasteiger partial charge >= 0.3 is 0 Å². The van der Waals surface area contributed by atoms with Crippen molar-refractivity contribution < 1.29 is 9.53 Å². The Bertz CT molecular complexity index is 672. The average Bonchev–Trinajstić information content (AvgIpc) is 2.53. The summed E-state index contributed by atoms with van der Waals surface area (Å²) in [7, 11) is 0. The summed E-state index contributed by atoms with van der Waals surface area (Å²) in [6, 6.07) is 15.9. The zero-order valence-corrected chi connectivity index (χ0v) is 13.8. The molecule has 114 valence electrons. The Labute approximate surface area is 138 Å². The van der Waals surface area contributed by atoms with Crippen molar-refractivity contribution >= 4 is 21.8 Å². The van der Waals surface area contributed by atoms with Crippen molar-refractivity contribution in [3.63, 3.8) is 0 Å². The maximum atomic E-state index is 12.1. The van der Waals surface area contributed by atoms with Gasteiger partial charge in [0.1, 0.15) is 5.75 Å².